The summed E-state index contributed by atoms with van der Waals surface area (Å²) in [4.78, 5) is 18.9. The zero-order chi connectivity index (χ0) is 17.6. The third-order valence-electron chi connectivity index (χ3n) is 3.61. The summed E-state index contributed by atoms with van der Waals surface area (Å²) in [6.45, 7) is 0.653. The average Bonchev–Trinajstić information content (AvgIpc) is 2.63. The number of hydrogen-bond acceptors (Lipinski definition) is 3. The zero-order valence-corrected chi connectivity index (χ0v) is 15.7. The van der Waals surface area contributed by atoms with E-state index in [1.54, 1.807) is 47.0 Å². The molecular weight excluding hydrogens is 375 g/mol. The van der Waals surface area contributed by atoms with Crippen LogP contribution in [0.5, 0.6) is 0 Å². The van der Waals surface area contributed by atoms with Gasteiger partial charge in [-0.05, 0) is 42.3 Å². The fourth-order valence-electron chi connectivity index (χ4n) is 2.33. The van der Waals surface area contributed by atoms with Gasteiger partial charge in [0, 0.05) is 23.4 Å². The van der Waals surface area contributed by atoms with Crippen LogP contribution >= 0.6 is 35.0 Å². The molecule has 6 heteroatoms. The molecule has 2 aromatic rings. The van der Waals surface area contributed by atoms with Gasteiger partial charge < -0.3 is 0 Å². The molecule has 3 nitrogen and oxygen atoms in total. The monoisotopic (exact) mass is 390 g/mol. The Morgan fingerprint density at radius 1 is 1.12 bits per heavy atom. The number of halogens is 2. The lowest BCUT2D eigenvalue weighted by molar-refractivity contribution is -0.122. The zero-order valence-electron chi connectivity index (χ0n) is 13.4. The van der Waals surface area contributed by atoms with Crippen LogP contribution in [0.4, 0.5) is 5.69 Å². The molecule has 0 N–H and O–H groups in total. The molecule has 1 amide bonds. The second-order valence-corrected chi connectivity index (χ2v) is 7.33. The van der Waals surface area contributed by atoms with E-state index in [1.807, 2.05) is 30.3 Å². The topological polar surface area (TPSA) is 32.7 Å². The standard InChI is InChI=1S/C19H16Cl2N2OS/c20-15-9-6-14(7-10-15)8-11-18(24)23-12-3-13-25-19(23)22-17-5-2-1-4-16(17)21/h1-2,4-11H,3,12-13H2/b11-8+,22-19?. The molecule has 1 aliphatic heterocycles. The maximum absolute atomic E-state index is 12.6. The van der Waals surface area contributed by atoms with Crippen molar-refractivity contribution in [3.05, 3.63) is 70.2 Å². The summed E-state index contributed by atoms with van der Waals surface area (Å²) >= 11 is 13.6. The fourth-order valence-corrected chi connectivity index (χ4v) is 3.59. The van der Waals surface area contributed by atoms with E-state index in [4.69, 9.17) is 23.2 Å². The first-order valence-corrected chi connectivity index (χ1v) is 9.59. The Morgan fingerprint density at radius 2 is 1.88 bits per heavy atom. The summed E-state index contributed by atoms with van der Waals surface area (Å²) in [5.41, 5.74) is 1.60. The van der Waals surface area contributed by atoms with Gasteiger partial charge in [0.25, 0.3) is 5.91 Å². The number of hydrogen-bond donors (Lipinski definition) is 0. The Kier molecular flexibility index (Phi) is 6.19. The van der Waals surface area contributed by atoms with Gasteiger partial charge in [0.15, 0.2) is 5.17 Å². The molecule has 1 saturated heterocycles. The van der Waals surface area contributed by atoms with E-state index in [1.165, 1.54) is 0 Å². The molecule has 0 radical (unpaired) electrons. The van der Waals surface area contributed by atoms with Crippen molar-refractivity contribution < 1.29 is 4.79 Å². The summed E-state index contributed by atoms with van der Waals surface area (Å²) in [6.07, 6.45) is 4.29. The third kappa shape index (κ3) is 4.88. The van der Waals surface area contributed by atoms with Gasteiger partial charge in [-0.1, -0.05) is 59.2 Å². The van der Waals surface area contributed by atoms with Crippen LogP contribution in [-0.4, -0.2) is 28.3 Å². The molecule has 0 saturated carbocycles. The lowest BCUT2D eigenvalue weighted by Gasteiger charge is -2.26. The second kappa shape index (κ2) is 8.56. The fraction of sp³-hybridized carbons (Fsp3) is 0.158. The predicted octanol–water partition coefficient (Wildman–Crippen LogP) is 5.66. The lowest BCUT2D eigenvalue weighted by atomic mass is 10.2. The molecule has 0 aromatic heterocycles. The van der Waals surface area contributed by atoms with Crippen molar-refractivity contribution in [2.45, 2.75) is 6.42 Å². The maximum Gasteiger partial charge on any atom is 0.252 e. The molecule has 1 heterocycles. The van der Waals surface area contributed by atoms with Crippen molar-refractivity contribution in [1.82, 2.24) is 4.90 Å². The van der Waals surface area contributed by atoms with E-state index < -0.39 is 0 Å². The van der Waals surface area contributed by atoms with Gasteiger partial charge in [0.2, 0.25) is 0 Å². The molecule has 25 heavy (non-hydrogen) atoms. The summed E-state index contributed by atoms with van der Waals surface area (Å²) in [6, 6.07) is 14.7. The number of para-hydroxylation sites is 1. The Labute approximate surface area is 161 Å². The van der Waals surface area contributed by atoms with Crippen molar-refractivity contribution in [3.8, 4) is 0 Å². The van der Waals surface area contributed by atoms with E-state index in [0.717, 1.165) is 17.7 Å². The molecule has 0 spiro atoms. The van der Waals surface area contributed by atoms with Crippen LogP contribution in [0.3, 0.4) is 0 Å². The molecule has 128 valence electrons. The molecule has 0 aliphatic carbocycles. The van der Waals surface area contributed by atoms with E-state index in [0.29, 0.717) is 27.4 Å². The summed E-state index contributed by atoms with van der Waals surface area (Å²) < 4.78 is 0. The van der Waals surface area contributed by atoms with Crippen LogP contribution in [0.25, 0.3) is 6.08 Å². The van der Waals surface area contributed by atoms with E-state index in [9.17, 15) is 4.79 Å². The minimum absolute atomic E-state index is 0.0899. The number of amidine groups is 1. The number of nitrogens with zero attached hydrogens (tertiary/aromatic N) is 2. The van der Waals surface area contributed by atoms with E-state index in [2.05, 4.69) is 4.99 Å². The second-order valence-electron chi connectivity index (χ2n) is 5.42. The van der Waals surface area contributed by atoms with Crippen LogP contribution in [0.15, 0.2) is 59.6 Å². The highest BCUT2D eigenvalue weighted by atomic mass is 35.5. The van der Waals surface area contributed by atoms with Gasteiger partial charge >= 0.3 is 0 Å². The van der Waals surface area contributed by atoms with Crippen LogP contribution in [-0.2, 0) is 4.79 Å². The predicted molar refractivity (Wildman–Crippen MR) is 108 cm³/mol. The number of carbonyl (C=O) groups is 1. The minimum atomic E-state index is -0.0899. The number of carbonyl (C=O) groups excluding carboxylic acids is 1. The minimum Gasteiger partial charge on any atom is -0.288 e. The molecule has 0 unspecified atom stereocenters. The summed E-state index contributed by atoms with van der Waals surface area (Å²) in [7, 11) is 0. The largest absolute Gasteiger partial charge is 0.288 e. The Bertz CT molecular complexity index is 818. The molecule has 0 atom stereocenters. The maximum atomic E-state index is 12.6. The smallest absolute Gasteiger partial charge is 0.252 e. The highest BCUT2D eigenvalue weighted by molar-refractivity contribution is 8.13. The van der Waals surface area contributed by atoms with Gasteiger partial charge in [-0.15, -0.1) is 0 Å². The Balaban J connectivity index is 1.79. The first-order chi connectivity index (χ1) is 12.1. The van der Waals surface area contributed by atoms with Crippen LogP contribution < -0.4 is 0 Å². The van der Waals surface area contributed by atoms with E-state index >= 15 is 0 Å². The quantitative estimate of drug-likeness (QED) is 0.633. The average molecular weight is 391 g/mol. The van der Waals surface area contributed by atoms with Crippen molar-refractivity contribution in [1.29, 1.82) is 0 Å². The number of benzene rings is 2. The number of aliphatic imine (C=N–C) groups is 1. The Hall–Kier alpha value is -1.75. The van der Waals surface area contributed by atoms with Crippen molar-refractivity contribution in [2.24, 2.45) is 4.99 Å². The van der Waals surface area contributed by atoms with E-state index in [-0.39, 0.29) is 5.91 Å². The number of thioether (sulfide) groups is 1. The SMILES string of the molecule is O=C(/C=C/c1ccc(Cl)cc1)N1CCCSC1=Nc1ccccc1Cl. The molecule has 0 bridgehead atoms. The number of amides is 1. The van der Waals surface area contributed by atoms with Crippen molar-refractivity contribution >= 4 is 57.8 Å². The van der Waals surface area contributed by atoms with Gasteiger partial charge in [-0.2, -0.15) is 0 Å². The molecule has 1 fully saturated rings. The van der Waals surface area contributed by atoms with Crippen molar-refractivity contribution in [3.63, 3.8) is 0 Å². The number of rotatable bonds is 3. The lowest BCUT2D eigenvalue weighted by Crippen LogP contribution is -2.38. The normalized spacial score (nSPS) is 16.6. The Morgan fingerprint density at radius 3 is 2.64 bits per heavy atom. The van der Waals surface area contributed by atoms with Crippen LogP contribution in [0.2, 0.25) is 10.0 Å². The third-order valence-corrected chi connectivity index (χ3v) is 5.25. The summed E-state index contributed by atoms with van der Waals surface area (Å²) in [5, 5.41) is 1.93. The van der Waals surface area contributed by atoms with Crippen molar-refractivity contribution in [2.75, 3.05) is 12.3 Å². The highest BCUT2D eigenvalue weighted by Crippen LogP contribution is 2.28. The highest BCUT2D eigenvalue weighted by Gasteiger charge is 2.22. The van der Waals surface area contributed by atoms with Gasteiger partial charge in [0.05, 0.1) is 10.7 Å². The van der Waals surface area contributed by atoms with Gasteiger partial charge in [-0.3, -0.25) is 9.69 Å². The molecule has 2 aromatic carbocycles. The molecular formula is C19H16Cl2N2OS. The molecule has 1 aliphatic rings. The first kappa shape index (κ1) is 18.1. The van der Waals surface area contributed by atoms with Gasteiger partial charge in [0.1, 0.15) is 0 Å². The summed E-state index contributed by atoms with van der Waals surface area (Å²) in [5.74, 6) is 0.849. The van der Waals surface area contributed by atoms with Gasteiger partial charge in [-0.25, -0.2) is 4.99 Å². The first-order valence-electron chi connectivity index (χ1n) is 7.84. The molecule has 3 rings (SSSR count). The van der Waals surface area contributed by atoms with Crippen LogP contribution in [0, 0.1) is 0 Å². The van der Waals surface area contributed by atoms with Crippen LogP contribution in [0.1, 0.15) is 12.0 Å².